The first-order chi connectivity index (χ1) is 17.6. The maximum absolute atomic E-state index is 12.3. The predicted octanol–water partition coefficient (Wildman–Crippen LogP) is -1.07. The van der Waals surface area contributed by atoms with Gasteiger partial charge < -0.3 is 44.4 Å². The zero-order valence-corrected chi connectivity index (χ0v) is 20.6. The molecule has 4 N–H and O–H groups in total. The first-order valence-electron chi connectivity index (χ1n) is 12.1. The summed E-state index contributed by atoms with van der Waals surface area (Å²) < 4.78 is 23.0. The van der Waals surface area contributed by atoms with E-state index in [0.717, 1.165) is 0 Å². The van der Waals surface area contributed by atoms with E-state index >= 15 is 0 Å². The van der Waals surface area contributed by atoms with Crippen LogP contribution in [0.15, 0.2) is 36.6 Å². The Kier molecular flexibility index (Phi) is 7.63. The number of hydrogen-bond acceptors (Lipinski definition) is 9. The number of aliphatic hydroxyl groups is 3. The molecule has 4 rings (SSSR count). The number of carboxylic acid groups (broad SMARTS) is 1. The van der Waals surface area contributed by atoms with E-state index in [1.54, 1.807) is 31.3 Å². The molecule has 37 heavy (non-hydrogen) atoms. The van der Waals surface area contributed by atoms with E-state index in [0.29, 0.717) is 10.6 Å². The molecule has 3 heterocycles. The van der Waals surface area contributed by atoms with Crippen molar-refractivity contribution in [2.75, 3.05) is 13.7 Å². The van der Waals surface area contributed by atoms with Gasteiger partial charge in [-0.3, -0.25) is 4.79 Å². The number of aliphatic carboxylic acids is 1. The van der Waals surface area contributed by atoms with E-state index in [2.05, 4.69) is 11.6 Å². The second-order valence-electron chi connectivity index (χ2n) is 9.48. The number of carboxylic acids is 1. The molecule has 11 nitrogen and oxygen atoms in total. The van der Waals surface area contributed by atoms with E-state index in [9.17, 15) is 30.0 Å². The lowest BCUT2D eigenvalue weighted by Gasteiger charge is -2.55. The van der Waals surface area contributed by atoms with Crippen molar-refractivity contribution >= 4 is 24.3 Å². The predicted molar refractivity (Wildman–Crippen MR) is 128 cm³/mol. The highest BCUT2D eigenvalue weighted by Gasteiger charge is 2.64. The molecule has 1 aromatic rings. The summed E-state index contributed by atoms with van der Waals surface area (Å²) in [5.41, 5.74) is -3.39. The van der Waals surface area contributed by atoms with Crippen LogP contribution in [0.4, 0.5) is 0 Å². The van der Waals surface area contributed by atoms with Crippen LogP contribution in [0, 0.1) is 11.8 Å². The van der Waals surface area contributed by atoms with Crippen LogP contribution >= 0.6 is 0 Å². The van der Waals surface area contributed by atoms with Gasteiger partial charge in [-0.1, -0.05) is 30.5 Å². The lowest BCUT2D eigenvalue weighted by Crippen LogP contribution is -2.74. The van der Waals surface area contributed by atoms with E-state index in [1.807, 2.05) is 0 Å². The average Bonchev–Trinajstić information content (AvgIpc) is 3.36. The molecule has 202 valence electrons. The maximum atomic E-state index is 12.3. The van der Waals surface area contributed by atoms with E-state index in [1.165, 1.54) is 19.4 Å². The van der Waals surface area contributed by atoms with Crippen molar-refractivity contribution < 1.29 is 49.0 Å². The molecular formula is C26H32NO10-. The van der Waals surface area contributed by atoms with Gasteiger partial charge in [0.25, 0.3) is 0 Å². The fourth-order valence-corrected chi connectivity index (χ4v) is 5.52. The van der Waals surface area contributed by atoms with Gasteiger partial charge in [0.1, 0.15) is 17.8 Å². The Hall–Kier alpha value is -2.96. The standard InChI is InChI=1S/C26H32NO10/c1-4-15-17(10-21(29)30)16(22(31)34-3)6-7-19(15)36-24-25(33,5-2)23(32)26(20(12-28)37-24)11-14-8-9-27-18(14)13-35-26/h4,6,8-9,11,13,15,17,19-20,23-24,28,32-33H,1,5,7,10,12H2,2-3H3,(H,29,30)/q-1. The van der Waals surface area contributed by atoms with Crippen LogP contribution < -0.4 is 15.6 Å². The Bertz CT molecular complexity index is 1190. The van der Waals surface area contributed by atoms with E-state index in [4.69, 9.17) is 18.9 Å². The summed E-state index contributed by atoms with van der Waals surface area (Å²) in [5.74, 6) is -3.20. The average molecular weight is 519 g/mol. The normalized spacial score (nSPS) is 36.8. The Morgan fingerprint density at radius 1 is 1.38 bits per heavy atom. The number of ether oxygens (including phenoxy) is 4. The van der Waals surface area contributed by atoms with Crippen LogP contribution in [0.1, 0.15) is 26.2 Å². The summed E-state index contributed by atoms with van der Waals surface area (Å²) in [6.45, 7) is 4.90. The quantitative estimate of drug-likeness (QED) is 0.245. The van der Waals surface area contributed by atoms with E-state index < -0.39 is 66.2 Å². The Morgan fingerprint density at radius 2 is 2.14 bits per heavy atom. The van der Waals surface area contributed by atoms with Gasteiger partial charge in [-0.25, -0.2) is 4.79 Å². The lowest BCUT2D eigenvalue weighted by atomic mass is 9.73. The summed E-state index contributed by atoms with van der Waals surface area (Å²) >= 11 is 0. The molecule has 2 aliphatic heterocycles. The molecule has 0 aromatic carbocycles. The molecule has 0 bridgehead atoms. The Balaban J connectivity index is 1.68. The molecule has 0 radical (unpaired) electrons. The zero-order valence-electron chi connectivity index (χ0n) is 20.6. The van der Waals surface area contributed by atoms with Crippen LogP contribution in [-0.4, -0.2) is 81.9 Å². The highest BCUT2D eigenvalue weighted by molar-refractivity contribution is 5.90. The number of carbonyl (C=O) groups excluding carboxylic acids is 1. The van der Waals surface area contributed by atoms with Crippen molar-refractivity contribution in [2.45, 2.75) is 62.0 Å². The van der Waals surface area contributed by atoms with Crippen molar-refractivity contribution in [2.24, 2.45) is 11.8 Å². The first kappa shape index (κ1) is 27.1. The summed E-state index contributed by atoms with van der Waals surface area (Å²) in [6, 6.07) is 1.72. The van der Waals surface area contributed by atoms with Gasteiger partial charge in [0.05, 0.1) is 32.5 Å². The van der Waals surface area contributed by atoms with Crippen molar-refractivity contribution in [1.82, 2.24) is 4.98 Å². The molecule has 0 saturated carbocycles. The second-order valence-corrected chi connectivity index (χ2v) is 9.48. The highest BCUT2D eigenvalue weighted by Crippen LogP contribution is 2.45. The minimum absolute atomic E-state index is 0.00463. The summed E-state index contributed by atoms with van der Waals surface area (Å²) in [7, 11) is 1.21. The number of fused-ring (bicyclic) bond motifs is 1. The fourth-order valence-electron chi connectivity index (χ4n) is 5.52. The third-order valence-electron chi connectivity index (χ3n) is 7.60. The maximum Gasteiger partial charge on any atom is 0.333 e. The van der Waals surface area contributed by atoms with Gasteiger partial charge in [-0.2, -0.15) is 6.20 Å². The van der Waals surface area contributed by atoms with E-state index in [-0.39, 0.29) is 24.8 Å². The molecule has 3 aliphatic rings. The third-order valence-corrected chi connectivity index (χ3v) is 7.60. The van der Waals surface area contributed by atoms with Crippen LogP contribution in [0.5, 0.6) is 0 Å². The molecule has 1 saturated heterocycles. The fraction of sp³-hybridized carbons (Fsp3) is 0.538. The second kappa shape index (κ2) is 10.4. The largest absolute Gasteiger partial charge is 0.661 e. The Labute approximate surface area is 213 Å². The number of methoxy groups -OCH3 is 1. The topological polar surface area (TPSA) is 166 Å². The van der Waals surface area contributed by atoms with Gasteiger partial charge in [0.2, 0.25) is 0 Å². The zero-order chi connectivity index (χ0) is 27.0. The molecule has 1 spiro atoms. The van der Waals surface area contributed by atoms with Crippen LogP contribution in [0.25, 0.3) is 12.3 Å². The lowest BCUT2D eigenvalue weighted by molar-refractivity contribution is -0.364. The van der Waals surface area contributed by atoms with Gasteiger partial charge in [0.15, 0.2) is 11.9 Å². The minimum Gasteiger partial charge on any atom is -0.661 e. The van der Waals surface area contributed by atoms with Gasteiger partial charge >= 0.3 is 11.9 Å². The molecule has 1 fully saturated rings. The van der Waals surface area contributed by atoms with Gasteiger partial charge in [0, 0.05) is 17.4 Å². The summed E-state index contributed by atoms with van der Waals surface area (Å²) in [5, 5.41) is 44.1. The van der Waals surface area contributed by atoms with Crippen molar-refractivity contribution in [1.29, 1.82) is 0 Å². The number of nitrogens with zero attached hydrogens (tertiary/aromatic N) is 1. The summed E-state index contributed by atoms with van der Waals surface area (Å²) in [6.07, 6.45) is 2.47. The number of carbonyl (C=O) groups is 2. The SMILES string of the molecule is C=CC1C(OC2OC(CO)C3(C=c4cc[n-]c4=CO3)C(O)C2(O)CC)CC=C(C(=O)OC)C1CC(=O)O. The minimum atomic E-state index is -1.98. The van der Waals surface area contributed by atoms with Crippen molar-refractivity contribution in [3.63, 3.8) is 0 Å². The Morgan fingerprint density at radius 3 is 2.76 bits per heavy atom. The van der Waals surface area contributed by atoms with Gasteiger partial charge in [-0.15, -0.1) is 6.58 Å². The number of esters is 1. The highest BCUT2D eigenvalue weighted by atomic mass is 16.7. The monoisotopic (exact) mass is 518 g/mol. The van der Waals surface area contributed by atoms with Crippen LogP contribution in [0.3, 0.4) is 0 Å². The van der Waals surface area contributed by atoms with Crippen LogP contribution in [0.2, 0.25) is 0 Å². The first-order valence-corrected chi connectivity index (χ1v) is 12.1. The molecule has 8 unspecified atom stereocenters. The molecular weight excluding hydrogens is 486 g/mol. The molecule has 1 aliphatic carbocycles. The third kappa shape index (κ3) is 4.51. The van der Waals surface area contributed by atoms with Crippen molar-refractivity contribution in [3.8, 4) is 0 Å². The summed E-state index contributed by atoms with van der Waals surface area (Å²) in [4.78, 5) is 28.1. The van der Waals surface area contributed by atoms with Crippen LogP contribution in [-0.2, 0) is 28.5 Å². The number of rotatable bonds is 8. The number of hydrogen-bond donors (Lipinski definition) is 4. The van der Waals surface area contributed by atoms with Crippen molar-refractivity contribution in [3.05, 3.63) is 47.1 Å². The number of aromatic nitrogens is 1. The molecule has 1 aromatic heterocycles. The molecule has 0 amide bonds. The smallest absolute Gasteiger partial charge is 0.333 e. The number of aliphatic hydroxyl groups excluding tert-OH is 2. The van der Waals surface area contributed by atoms with Gasteiger partial charge in [-0.05, 0) is 24.1 Å². The molecule has 11 heteroatoms. The molecule has 8 atom stereocenters.